The largest absolute Gasteiger partial charge is 0.384 e. The van der Waals surface area contributed by atoms with E-state index in [1.165, 1.54) is 25.7 Å². The van der Waals surface area contributed by atoms with E-state index >= 15 is 0 Å². The van der Waals surface area contributed by atoms with Crippen LogP contribution in [0.4, 0.5) is 0 Å². The summed E-state index contributed by atoms with van der Waals surface area (Å²) in [4.78, 5) is 15.3. The minimum atomic E-state index is -0.252. The Labute approximate surface area is 115 Å². The van der Waals surface area contributed by atoms with Crippen LogP contribution in [0.5, 0.6) is 0 Å². The maximum absolute atomic E-state index is 13.1. The Balaban J connectivity index is 1.72. The molecule has 3 rings (SSSR count). The van der Waals surface area contributed by atoms with Crippen molar-refractivity contribution < 1.29 is 9.53 Å². The summed E-state index contributed by atoms with van der Waals surface area (Å²) in [5.41, 5.74) is -0.252. The standard InChI is InChI=1S/C15H26N2O2/c1-19-11-15(6-8-16-9-7-15)14(18)17(13-4-5-13)10-12-2-3-12/h12-13,16H,2-11H2,1H3. The van der Waals surface area contributed by atoms with Gasteiger partial charge in [0.15, 0.2) is 0 Å². The highest BCUT2D eigenvalue weighted by molar-refractivity contribution is 5.83. The molecule has 4 heteroatoms. The quantitative estimate of drug-likeness (QED) is 0.790. The molecule has 4 nitrogen and oxygen atoms in total. The number of rotatable bonds is 6. The van der Waals surface area contributed by atoms with Crippen LogP contribution in [0.25, 0.3) is 0 Å². The zero-order chi connectivity index (χ0) is 13.3. The van der Waals surface area contributed by atoms with Crippen molar-refractivity contribution in [1.29, 1.82) is 0 Å². The average Bonchev–Trinajstić information content (AvgIpc) is 3.28. The molecule has 0 radical (unpaired) electrons. The second-order valence-electron chi connectivity index (χ2n) is 6.60. The minimum Gasteiger partial charge on any atom is -0.384 e. The second kappa shape index (κ2) is 5.41. The third-order valence-electron chi connectivity index (χ3n) is 4.84. The number of piperidine rings is 1. The summed E-state index contributed by atoms with van der Waals surface area (Å²) in [6, 6.07) is 0.539. The lowest BCUT2D eigenvalue weighted by atomic mass is 9.78. The molecule has 0 aromatic heterocycles. The molecule has 0 aromatic rings. The molecular weight excluding hydrogens is 240 g/mol. The van der Waals surface area contributed by atoms with E-state index < -0.39 is 0 Å². The van der Waals surface area contributed by atoms with E-state index in [1.54, 1.807) is 7.11 Å². The van der Waals surface area contributed by atoms with Gasteiger partial charge in [0.05, 0.1) is 12.0 Å². The van der Waals surface area contributed by atoms with E-state index in [9.17, 15) is 4.79 Å². The number of methoxy groups -OCH3 is 1. The fourth-order valence-electron chi connectivity index (χ4n) is 3.27. The predicted molar refractivity (Wildman–Crippen MR) is 73.9 cm³/mol. The zero-order valence-electron chi connectivity index (χ0n) is 12.0. The van der Waals surface area contributed by atoms with Gasteiger partial charge >= 0.3 is 0 Å². The molecule has 3 aliphatic rings. The average molecular weight is 266 g/mol. The number of nitrogens with one attached hydrogen (secondary N) is 1. The van der Waals surface area contributed by atoms with Crippen molar-refractivity contribution in [1.82, 2.24) is 10.2 Å². The number of carbonyl (C=O) groups is 1. The van der Waals surface area contributed by atoms with Crippen LogP contribution >= 0.6 is 0 Å². The molecule has 2 aliphatic carbocycles. The van der Waals surface area contributed by atoms with E-state index in [-0.39, 0.29) is 5.41 Å². The SMILES string of the molecule is COCC1(C(=O)N(CC2CC2)C2CC2)CCNCC1. The van der Waals surface area contributed by atoms with E-state index in [0.717, 1.165) is 38.4 Å². The Hall–Kier alpha value is -0.610. The number of nitrogens with zero attached hydrogens (tertiary/aromatic N) is 1. The first-order chi connectivity index (χ1) is 9.25. The van der Waals surface area contributed by atoms with Gasteiger partial charge in [0.2, 0.25) is 5.91 Å². The van der Waals surface area contributed by atoms with Crippen molar-refractivity contribution in [3.8, 4) is 0 Å². The van der Waals surface area contributed by atoms with E-state index in [4.69, 9.17) is 4.74 Å². The van der Waals surface area contributed by atoms with Crippen LogP contribution in [0.2, 0.25) is 0 Å². The molecule has 1 amide bonds. The Morgan fingerprint density at radius 3 is 2.47 bits per heavy atom. The normalized spacial score (nSPS) is 26.2. The van der Waals surface area contributed by atoms with Crippen molar-refractivity contribution in [2.24, 2.45) is 11.3 Å². The first kappa shape index (κ1) is 13.4. The number of carbonyl (C=O) groups excluding carboxylic acids is 1. The monoisotopic (exact) mass is 266 g/mol. The third kappa shape index (κ3) is 2.95. The smallest absolute Gasteiger partial charge is 0.231 e. The number of hydrogen-bond donors (Lipinski definition) is 1. The van der Waals surface area contributed by atoms with Crippen LogP contribution in [0.15, 0.2) is 0 Å². The topological polar surface area (TPSA) is 41.6 Å². The maximum Gasteiger partial charge on any atom is 0.231 e. The Kier molecular flexibility index (Phi) is 3.81. The van der Waals surface area contributed by atoms with Gasteiger partial charge in [-0.3, -0.25) is 4.79 Å². The molecule has 108 valence electrons. The summed E-state index contributed by atoms with van der Waals surface area (Å²) in [6.07, 6.45) is 6.89. The highest BCUT2D eigenvalue weighted by Crippen LogP contribution is 2.39. The molecule has 1 aliphatic heterocycles. The number of ether oxygens (including phenoxy) is 1. The lowest BCUT2D eigenvalue weighted by molar-refractivity contribution is -0.148. The van der Waals surface area contributed by atoms with Gasteiger partial charge in [0.25, 0.3) is 0 Å². The Bertz CT molecular complexity index is 326. The van der Waals surface area contributed by atoms with Crippen LogP contribution in [-0.4, -0.2) is 50.2 Å². The molecule has 3 fully saturated rings. The number of amides is 1. The molecule has 1 saturated heterocycles. The van der Waals surface area contributed by atoms with Crippen LogP contribution in [-0.2, 0) is 9.53 Å². The maximum atomic E-state index is 13.1. The Morgan fingerprint density at radius 2 is 1.95 bits per heavy atom. The van der Waals surface area contributed by atoms with Gasteiger partial charge in [-0.05, 0) is 57.5 Å². The van der Waals surface area contributed by atoms with Crippen molar-refractivity contribution in [3.05, 3.63) is 0 Å². The van der Waals surface area contributed by atoms with Gasteiger partial charge in [-0.2, -0.15) is 0 Å². The summed E-state index contributed by atoms with van der Waals surface area (Å²) in [5.74, 6) is 1.16. The molecule has 2 saturated carbocycles. The van der Waals surface area contributed by atoms with Gasteiger partial charge in [-0.15, -0.1) is 0 Å². The highest BCUT2D eigenvalue weighted by atomic mass is 16.5. The minimum absolute atomic E-state index is 0.252. The van der Waals surface area contributed by atoms with Crippen LogP contribution in [0, 0.1) is 11.3 Å². The van der Waals surface area contributed by atoms with E-state index in [1.807, 2.05) is 0 Å². The summed E-state index contributed by atoms with van der Waals surface area (Å²) in [6.45, 7) is 3.47. The second-order valence-corrected chi connectivity index (χ2v) is 6.60. The zero-order valence-corrected chi connectivity index (χ0v) is 12.0. The fourth-order valence-corrected chi connectivity index (χ4v) is 3.27. The van der Waals surface area contributed by atoms with Gasteiger partial charge < -0.3 is 15.0 Å². The van der Waals surface area contributed by atoms with Gasteiger partial charge in [0.1, 0.15) is 0 Å². The molecular formula is C15H26N2O2. The van der Waals surface area contributed by atoms with Crippen LogP contribution in [0.3, 0.4) is 0 Å². The fraction of sp³-hybridized carbons (Fsp3) is 0.933. The summed E-state index contributed by atoms with van der Waals surface area (Å²) >= 11 is 0. The van der Waals surface area contributed by atoms with E-state index in [2.05, 4.69) is 10.2 Å². The molecule has 0 spiro atoms. The van der Waals surface area contributed by atoms with Crippen molar-refractivity contribution in [3.63, 3.8) is 0 Å². The summed E-state index contributed by atoms with van der Waals surface area (Å²) in [5, 5.41) is 3.36. The molecule has 1 heterocycles. The van der Waals surface area contributed by atoms with Crippen LogP contribution < -0.4 is 5.32 Å². The first-order valence-electron chi connectivity index (χ1n) is 7.76. The van der Waals surface area contributed by atoms with Crippen molar-refractivity contribution >= 4 is 5.91 Å². The molecule has 19 heavy (non-hydrogen) atoms. The van der Waals surface area contributed by atoms with Gasteiger partial charge in [-0.25, -0.2) is 0 Å². The molecule has 1 N–H and O–H groups in total. The molecule has 0 bridgehead atoms. The van der Waals surface area contributed by atoms with Crippen molar-refractivity contribution in [2.45, 2.75) is 44.6 Å². The van der Waals surface area contributed by atoms with E-state index in [0.29, 0.717) is 18.6 Å². The predicted octanol–water partition coefficient (Wildman–Crippen LogP) is 1.40. The lowest BCUT2D eigenvalue weighted by Gasteiger charge is -2.40. The summed E-state index contributed by atoms with van der Waals surface area (Å²) in [7, 11) is 1.72. The van der Waals surface area contributed by atoms with Gasteiger partial charge in [0, 0.05) is 19.7 Å². The molecule has 0 unspecified atom stereocenters. The van der Waals surface area contributed by atoms with Gasteiger partial charge in [-0.1, -0.05) is 0 Å². The van der Waals surface area contributed by atoms with Crippen molar-refractivity contribution in [2.75, 3.05) is 33.4 Å². The highest BCUT2D eigenvalue weighted by Gasteiger charge is 2.46. The van der Waals surface area contributed by atoms with Crippen LogP contribution in [0.1, 0.15) is 38.5 Å². The lowest BCUT2D eigenvalue weighted by Crippen LogP contribution is -2.52. The first-order valence-corrected chi connectivity index (χ1v) is 7.76. The Morgan fingerprint density at radius 1 is 1.26 bits per heavy atom. The molecule has 0 aromatic carbocycles. The number of hydrogen-bond acceptors (Lipinski definition) is 3. The summed E-state index contributed by atoms with van der Waals surface area (Å²) < 4.78 is 5.40. The third-order valence-corrected chi connectivity index (χ3v) is 4.84. The molecule has 0 atom stereocenters.